The first-order chi connectivity index (χ1) is 32.7. The van der Waals surface area contributed by atoms with Crippen molar-refractivity contribution in [2.24, 2.45) is 4.99 Å². The number of amidine groups is 1. The van der Waals surface area contributed by atoms with Gasteiger partial charge in [0.15, 0.2) is 6.17 Å². The van der Waals surface area contributed by atoms with Crippen LogP contribution in [0.1, 0.15) is 45.1 Å². The number of hydrogen-bond acceptors (Lipinski definition) is 3. The third-order valence-electron chi connectivity index (χ3n) is 14.4. The predicted octanol–water partition coefficient (Wildman–Crippen LogP) is 15.7. The number of hydrogen-bond donors (Lipinski definition) is 0. The maximum atomic E-state index is 5.27. The van der Waals surface area contributed by atoms with Crippen LogP contribution in [-0.4, -0.2) is 10.7 Å². The number of rotatable bonds is 5. The summed E-state index contributed by atoms with van der Waals surface area (Å²) in [6, 6.07) is 85.0. The highest BCUT2D eigenvalue weighted by Gasteiger charge is 2.52. The van der Waals surface area contributed by atoms with Gasteiger partial charge in [-0.05, 0) is 102 Å². The number of aliphatic imine (C=N–C) groups is 1. The summed E-state index contributed by atoms with van der Waals surface area (Å²) in [5, 5.41) is 4.93. The van der Waals surface area contributed by atoms with Gasteiger partial charge in [0.1, 0.15) is 5.84 Å². The van der Waals surface area contributed by atoms with Crippen LogP contribution in [0, 0.1) is 0 Å². The zero-order valence-corrected chi connectivity index (χ0v) is 36.0. The molecule has 0 aromatic heterocycles. The molecule has 10 aromatic carbocycles. The molecule has 0 saturated heterocycles. The smallest absolute Gasteiger partial charge is 0.154 e. The van der Waals surface area contributed by atoms with E-state index < -0.39 is 5.41 Å². The van der Waals surface area contributed by atoms with E-state index in [1.807, 2.05) is 0 Å². The number of para-hydroxylation sites is 1. The van der Waals surface area contributed by atoms with Crippen molar-refractivity contribution in [1.82, 2.24) is 4.90 Å². The summed E-state index contributed by atoms with van der Waals surface area (Å²) in [5.41, 5.74) is 19.0. The molecular weight excluding hydrogens is 799 g/mol. The number of allylic oxidation sites excluding steroid dienone is 2. The van der Waals surface area contributed by atoms with Crippen LogP contribution in [0.25, 0.3) is 54.9 Å². The molecule has 14 rings (SSSR count). The van der Waals surface area contributed by atoms with Crippen molar-refractivity contribution in [1.29, 1.82) is 0 Å². The Labute approximate surface area is 384 Å². The second-order valence-corrected chi connectivity index (χ2v) is 17.8. The second-order valence-electron chi connectivity index (χ2n) is 17.8. The van der Waals surface area contributed by atoms with E-state index in [0.717, 1.165) is 17.1 Å². The van der Waals surface area contributed by atoms with Crippen molar-refractivity contribution in [3.05, 3.63) is 282 Å². The molecule has 3 heterocycles. The Morgan fingerprint density at radius 1 is 0.409 bits per heavy atom. The number of anilines is 3. The lowest BCUT2D eigenvalue weighted by Crippen LogP contribution is -2.41. The third kappa shape index (κ3) is 5.23. The van der Waals surface area contributed by atoms with Crippen molar-refractivity contribution in [3.8, 4) is 22.3 Å². The number of fused-ring (bicyclic) bond motifs is 14. The molecule has 10 aromatic rings. The van der Waals surface area contributed by atoms with E-state index >= 15 is 0 Å². The number of benzene rings is 10. The molecule has 1 unspecified atom stereocenters. The minimum Gasteiger partial charge on any atom is -0.309 e. The van der Waals surface area contributed by atoms with Crippen LogP contribution in [0.5, 0.6) is 0 Å². The highest BCUT2D eigenvalue weighted by atomic mass is 15.4. The van der Waals surface area contributed by atoms with Gasteiger partial charge < -0.3 is 9.80 Å². The number of nitrogens with zero attached hydrogens (tertiary/aromatic N) is 3. The summed E-state index contributed by atoms with van der Waals surface area (Å²) < 4.78 is 0. The van der Waals surface area contributed by atoms with E-state index in [9.17, 15) is 0 Å². The van der Waals surface area contributed by atoms with Crippen molar-refractivity contribution >= 4 is 55.6 Å². The minimum absolute atomic E-state index is 0.106. The quantitative estimate of drug-likeness (QED) is 0.172. The van der Waals surface area contributed by atoms with Crippen molar-refractivity contribution in [2.45, 2.75) is 11.6 Å². The molecule has 1 spiro atoms. The molecular formula is C63H41N3. The standard InChI is InChI=1S/C63H41N3/c1-4-16-41(17-5-1)48-38-54(43-18-6-2-7-19-43)62-64-61(65(62)40-48)46-30-28-42(29-31-46)47-32-35-53-52-26-14-15-27-55(52)63(58(53)39-47)56-36-33-44-20-10-12-24-50(44)59(56)66(49-22-8-3-9-23-49)60-51-25-13-11-21-45(51)34-37-57(60)63/h1-40,61H. The Hall–Kier alpha value is -8.53. The van der Waals surface area contributed by atoms with Gasteiger partial charge in [-0.2, -0.15) is 0 Å². The van der Waals surface area contributed by atoms with Crippen LogP contribution in [0.15, 0.2) is 248 Å². The first-order valence-corrected chi connectivity index (χ1v) is 22.9. The first kappa shape index (κ1) is 36.9. The van der Waals surface area contributed by atoms with Crippen molar-refractivity contribution in [2.75, 3.05) is 4.90 Å². The fraction of sp³-hybridized carbons (Fsp3) is 0.0317. The lowest BCUT2D eigenvalue weighted by atomic mass is 9.63. The van der Waals surface area contributed by atoms with E-state index in [0.29, 0.717) is 0 Å². The van der Waals surface area contributed by atoms with Gasteiger partial charge in [0.25, 0.3) is 0 Å². The maximum absolute atomic E-state index is 5.27. The molecule has 0 saturated carbocycles. The van der Waals surface area contributed by atoms with E-state index in [2.05, 4.69) is 253 Å². The summed E-state index contributed by atoms with van der Waals surface area (Å²) in [6.45, 7) is 0. The molecule has 66 heavy (non-hydrogen) atoms. The summed E-state index contributed by atoms with van der Waals surface area (Å²) in [4.78, 5) is 10.2. The van der Waals surface area contributed by atoms with Gasteiger partial charge in [-0.25, -0.2) is 4.99 Å². The van der Waals surface area contributed by atoms with Gasteiger partial charge in [-0.15, -0.1) is 0 Å². The van der Waals surface area contributed by atoms with Crippen LogP contribution < -0.4 is 4.90 Å². The zero-order valence-electron chi connectivity index (χ0n) is 36.0. The lowest BCUT2D eigenvalue weighted by molar-refractivity contribution is 0.370. The third-order valence-corrected chi connectivity index (χ3v) is 14.4. The first-order valence-electron chi connectivity index (χ1n) is 22.9. The monoisotopic (exact) mass is 839 g/mol. The molecule has 0 N–H and O–H groups in total. The normalized spacial score (nSPS) is 16.1. The van der Waals surface area contributed by atoms with Crippen molar-refractivity contribution < 1.29 is 0 Å². The Balaban J connectivity index is 0.943. The van der Waals surface area contributed by atoms with Gasteiger partial charge in [-0.3, -0.25) is 0 Å². The van der Waals surface area contributed by atoms with Crippen LogP contribution >= 0.6 is 0 Å². The maximum Gasteiger partial charge on any atom is 0.154 e. The lowest BCUT2D eigenvalue weighted by Gasteiger charge is -2.46. The largest absolute Gasteiger partial charge is 0.309 e. The molecule has 4 aliphatic rings. The summed E-state index contributed by atoms with van der Waals surface area (Å²) in [7, 11) is 0. The molecule has 0 radical (unpaired) electrons. The molecule has 0 bridgehead atoms. The minimum atomic E-state index is -0.593. The summed E-state index contributed by atoms with van der Waals surface area (Å²) >= 11 is 0. The molecule has 1 aliphatic carbocycles. The Bertz CT molecular complexity index is 3610. The Kier molecular flexibility index (Phi) is 7.96. The van der Waals surface area contributed by atoms with E-state index in [-0.39, 0.29) is 6.17 Å². The highest BCUT2D eigenvalue weighted by Crippen LogP contribution is 2.65. The molecule has 3 nitrogen and oxygen atoms in total. The predicted molar refractivity (Wildman–Crippen MR) is 273 cm³/mol. The fourth-order valence-electron chi connectivity index (χ4n) is 11.5. The average Bonchev–Trinajstić information content (AvgIpc) is 3.67. The molecule has 3 heteroatoms. The second kappa shape index (κ2) is 14.2. The highest BCUT2D eigenvalue weighted by molar-refractivity contribution is 6.28. The molecule has 3 aliphatic heterocycles. The van der Waals surface area contributed by atoms with E-state index in [4.69, 9.17) is 4.99 Å². The Morgan fingerprint density at radius 3 is 1.65 bits per heavy atom. The van der Waals surface area contributed by atoms with Crippen molar-refractivity contribution in [3.63, 3.8) is 0 Å². The summed E-state index contributed by atoms with van der Waals surface area (Å²) in [6.07, 6.45) is 4.45. The van der Waals surface area contributed by atoms with Crippen LogP contribution in [0.3, 0.4) is 0 Å². The van der Waals surface area contributed by atoms with Gasteiger partial charge in [-0.1, -0.05) is 212 Å². The zero-order chi connectivity index (χ0) is 43.3. The summed E-state index contributed by atoms with van der Waals surface area (Å²) in [5.74, 6) is 1.01. The van der Waals surface area contributed by atoms with Gasteiger partial charge in [0, 0.05) is 28.2 Å². The van der Waals surface area contributed by atoms with E-state index in [1.54, 1.807) is 0 Å². The Morgan fingerprint density at radius 2 is 0.970 bits per heavy atom. The SMILES string of the molecule is C1=C(c2ccccc2)C=C(c2ccccc2)C2=NC(c3ccc(-c4ccc5c(c4)C4(c6ccccc6-5)c5ccc6ccccc6c5N(c5ccccc5)c5c4ccc4ccccc54)cc3)N12. The molecule has 308 valence electrons. The van der Waals surface area contributed by atoms with Gasteiger partial charge in [0.05, 0.1) is 16.8 Å². The van der Waals surface area contributed by atoms with E-state index in [1.165, 1.54) is 99.7 Å². The van der Waals surface area contributed by atoms with Crippen LogP contribution in [-0.2, 0) is 5.41 Å². The van der Waals surface area contributed by atoms with Gasteiger partial charge >= 0.3 is 0 Å². The average molecular weight is 840 g/mol. The molecule has 1 atom stereocenters. The van der Waals surface area contributed by atoms with Crippen LogP contribution in [0.4, 0.5) is 17.1 Å². The topological polar surface area (TPSA) is 18.8 Å². The van der Waals surface area contributed by atoms with Gasteiger partial charge in [0.2, 0.25) is 0 Å². The molecule has 0 fully saturated rings. The van der Waals surface area contributed by atoms with Crippen LogP contribution in [0.2, 0.25) is 0 Å². The molecule has 0 amide bonds. The fourth-order valence-corrected chi connectivity index (χ4v) is 11.5.